The van der Waals surface area contributed by atoms with E-state index in [1.807, 2.05) is 42.7 Å². The molecule has 0 saturated heterocycles. The van der Waals surface area contributed by atoms with Crippen LogP contribution in [0.5, 0.6) is 0 Å². The third-order valence-electron chi connectivity index (χ3n) is 5.42. The number of nitrogens with one attached hydrogen (secondary N) is 2. The van der Waals surface area contributed by atoms with Gasteiger partial charge in [0.25, 0.3) is 5.91 Å². The van der Waals surface area contributed by atoms with Crippen molar-refractivity contribution in [1.82, 2.24) is 15.5 Å². The number of carbonyl (C=O) groups excluding carboxylic acids is 2. The number of benzene rings is 2. The second kappa shape index (κ2) is 13.9. The number of hydrogen-bond acceptors (Lipinski definition) is 4. The van der Waals surface area contributed by atoms with E-state index >= 15 is 0 Å². The molecule has 2 aromatic rings. The zero-order valence-corrected chi connectivity index (χ0v) is 19.7. The van der Waals surface area contributed by atoms with Gasteiger partial charge in [0.05, 0.1) is 0 Å². The summed E-state index contributed by atoms with van der Waals surface area (Å²) in [7, 11) is 0. The van der Waals surface area contributed by atoms with Crippen LogP contribution in [0.15, 0.2) is 60.7 Å². The Kier molecular flexibility index (Phi) is 11.2. The molecule has 6 heteroatoms. The number of carbonyl (C=O) groups is 2. The molecule has 2 amide bonds. The minimum Gasteiger partial charge on any atom is -0.353 e. The van der Waals surface area contributed by atoms with E-state index in [0.29, 0.717) is 18.5 Å². The molecule has 2 rings (SSSR count). The van der Waals surface area contributed by atoms with Crippen molar-refractivity contribution < 1.29 is 9.59 Å². The molecule has 0 bridgehead atoms. The van der Waals surface area contributed by atoms with Crippen molar-refractivity contribution in [2.24, 2.45) is 0 Å². The van der Waals surface area contributed by atoms with Gasteiger partial charge < -0.3 is 10.6 Å². The largest absolute Gasteiger partial charge is 0.353 e. The first-order valence-electron chi connectivity index (χ1n) is 11.0. The van der Waals surface area contributed by atoms with Gasteiger partial charge in [-0.15, -0.1) is 0 Å². The summed E-state index contributed by atoms with van der Waals surface area (Å²) in [5, 5.41) is 6.03. The van der Waals surface area contributed by atoms with Gasteiger partial charge in [-0.05, 0) is 55.6 Å². The number of amides is 2. The van der Waals surface area contributed by atoms with E-state index in [1.54, 1.807) is 23.9 Å². The van der Waals surface area contributed by atoms with Crippen molar-refractivity contribution in [2.45, 2.75) is 38.8 Å². The van der Waals surface area contributed by atoms with Crippen LogP contribution in [-0.4, -0.2) is 60.4 Å². The maximum absolute atomic E-state index is 13.0. The molecule has 0 spiro atoms. The number of nitrogens with zero attached hydrogens (tertiary/aromatic N) is 1. The van der Waals surface area contributed by atoms with Crippen LogP contribution in [0.25, 0.3) is 0 Å². The van der Waals surface area contributed by atoms with E-state index in [-0.39, 0.29) is 17.9 Å². The van der Waals surface area contributed by atoms with Crippen LogP contribution in [0.2, 0.25) is 0 Å². The van der Waals surface area contributed by atoms with E-state index in [0.717, 1.165) is 25.3 Å². The lowest BCUT2D eigenvalue weighted by molar-refractivity contribution is -0.123. The highest BCUT2D eigenvalue weighted by Gasteiger charge is 2.23. The topological polar surface area (TPSA) is 61.4 Å². The van der Waals surface area contributed by atoms with Gasteiger partial charge in [-0.3, -0.25) is 14.5 Å². The molecule has 0 aliphatic carbocycles. The van der Waals surface area contributed by atoms with Gasteiger partial charge in [-0.2, -0.15) is 11.8 Å². The molecule has 31 heavy (non-hydrogen) atoms. The molecule has 0 saturated carbocycles. The summed E-state index contributed by atoms with van der Waals surface area (Å²) < 4.78 is 0. The third kappa shape index (κ3) is 8.38. The first kappa shape index (κ1) is 25.0. The fourth-order valence-corrected chi connectivity index (χ4v) is 4.11. The van der Waals surface area contributed by atoms with Crippen molar-refractivity contribution in [3.05, 3.63) is 71.8 Å². The summed E-state index contributed by atoms with van der Waals surface area (Å²) in [6.45, 7) is 6.68. The Bertz CT molecular complexity index is 782. The molecule has 0 heterocycles. The molecule has 0 aliphatic heterocycles. The molecule has 0 fully saturated rings. The Morgan fingerprint density at radius 1 is 0.968 bits per heavy atom. The average Bonchev–Trinajstić information content (AvgIpc) is 2.81. The van der Waals surface area contributed by atoms with Gasteiger partial charge in [-0.1, -0.05) is 62.4 Å². The zero-order valence-electron chi connectivity index (χ0n) is 18.8. The van der Waals surface area contributed by atoms with E-state index in [4.69, 9.17) is 0 Å². The summed E-state index contributed by atoms with van der Waals surface area (Å²) in [6, 6.07) is 19.0. The van der Waals surface area contributed by atoms with E-state index in [2.05, 4.69) is 41.5 Å². The predicted molar refractivity (Wildman–Crippen MR) is 131 cm³/mol. The summed E-state index contributed by atoms with van der Waals surface area (Å²) in [5.41, 5.74) is 1.82. The van der Waals surface area contributed by atoms with Gasteiger partial charge in [-0.25, -0.2) is 0 Å². The summed E-state index contributed by atoms with van der Waals surface area (Å²) in [4.78, 5) is 28.0. The molecule has 2 N–H and O–H groups in total. The number of thioether (sulfide) groups is 1. The maximum atomic E-state index is 13.0. The van der Waals surface area contributed by atoms with Gasteiger partial charge in [0.1, 0.15) is 6.04 Å². The van der Waals surface area contributed by atoms with Crippen LogP contribution in [-0.2, 0) is 11.2 Å². The van der Waals surface area contributed by atoms with Crippen molar-refractivity contribution >= 4 is 23.6 Å². The highest BCUT2D eigenvalue weighted by molar-refractivity contribution is 7.98. The predicted octanol–water partition coefficient (Wildman–Crippen LogP) is 3.61. The van der Waals surface area contributed by atoms with Crippen LogP contribution >= 0.6 is 11.8 Å². The smallest absolute Gasteiger partial charge is 0.251 e. The number of likely N-dealkylation sites (N-methyl/N-ethyl adjacent to an activating group) is 1. The quantitative estimate of drug-likeness (QED) is 0.499. The van der Waals surface area contributed by atoms with Gasteiger partial charge in [0, 0.05) is 18.2 Å². The van der Waals surface area contributed by atoms with Crippen molar-refractivity contribution in [1.29, 1.82) is 0 Å². The Balaban J connectivity index is 2.03. The molecule has 0 aromatic heterocycles. The lowest BCUT2D eigenvalue weighted by Crippen LogP contribution is -2.51. The van der Waals surface area contributed by atoms with E-state index in [1.165, 1.54) is 5.56 Å². The Labute approximate surface area is 191 Å². The third-order valence-corrected chi connectivity index (χ3v) is 6.07. The lowest BCUT2D eigenvalue weighted by atomic mass is 10.0. The SMILES string of the molecule is CCN(CC)C(CNC(=O)C(CCSC)NC(=O)c1ccccc1)Cc1ccccc1. The first-order chi connectivity index (χ1) is 15.1. The summed E-state index contributed by atoms with van der Waals surface area (Å²) >= 11 is 1.67. The zero-order chi connectivity index (χ0) is 22.5. The fraction of sp³-hybridized carbons (Fsp3) is 0.440. The monoisotopic (exact) mass is 441 g/mol. The molecule has 5 nitrogen and oxygen atoms in total. The van der Waals surface area contributed by atoms with Gasteiger partial charge >= 0.3 is 0 Å². The molecule has 2 unspecified atom stereocenters. The van der Waals surface area contributed by atoms with Crippen molar-refractivity contribution in [2.75, 3.05) is 31.6 Å². The highest BCUT2D eigenvalue weighted by atomic mass is 32.2. The standard InChI is InChI=1S/C25H35N3O2S/c1-4-28(5-2)22(18-20-12-8-6-9-13-20)19-26-25(30)23(16-17-31-3)27-24(29)21-14-10-7-11-15-21/h6-15,22-23H,4-5,16-19H2,1-3H3,(H,26,30)(H,27,29). The van der Waals surface area contributed by atoms with Crippen LogP contribution in [0.4, 0.5) is 0 Å². The van der Waals surface area contributed by atoms with Gasteiger partial charge in [0.15, 0.2) is 0 Å². The second-order valence-corrected chi connectivity index (χ2v) is 8.47. The average molecular weight is 442 g/mol. The fourth-order valence-electron chi connectivity index (χ4n) is 3.63. The highest BCUT2D eigenvalue weighted by Crippen LogP contribution is 2.10. The van der Waals surface area contributed by atoms with Crippen LogP contribution in [0.3, 0.4) is 0 Å². The molecule has 2 atom stereocenters. The minimum absolute atomic E-state index is 0.122. The number of hydrogen-bond donors (Lipinski definition) is 2. The molecular weight excluding hydrogens is 406 g/mol. The first-order valence-corrected chi connectivity index (χ1v) is 12.4. The van der Waals surface area contributed by atoms with E-state index < -0.39 is 6.04 Å². The molecule has 168 valence electrons. The second-order valence-electron chi connectivity index (χ2n) is 7.48. The molecule has 2 aromatic carbocycles. The lowest BCUT2D eigenvalue weighted by Gasteiger charge is -2.30. The summed E-state index contributed by atoms with van der Waals surface area (Å²) in [5.74, 6) is 0.464. The Morgan fingerprint density at radius 3 is 2.16 bits per heavy atom. The van der Waals surface area contributed by atoms with Crippen molar-refractivity contribution in [3.63, 3.8) is 0 Å². The maximum Gasteiger partial charge on any atom is 0.251 e. The Hall–Kier alpha value is -2.31. The van der Waals surface area contributed by atoms with Crippen molar-refractivity contribution in [3.8, 4) is 0 Å². The molecule has 0 radical (unpaired) electrons. The van der Waals surface area contributed by atoms with Crippen LogP contribution < -0.4 is 10.6 Å². The number of rotatable bonds is 13. The van der Waals surface area contributed by atoms with E-state index in [9.17, 15) is 9.59 Å². The normalized spacial score (nSPS) is 12.9. The van der Waals surface area contributed by atoms with Crippen LogP contribution in [0, 0.1) is 0 Å². The molecule has 0 aliphatic rings. The Morgan fingerprint density at radius 2 is 1.58 bits per heavy atom. The van der Waals surface area contributed by atoms with Gasteiger partial charge in [0.2, 0.25) is 5.91 Å². The summed E-state index contributed by atoms with van der Waals surface area (Å²) in [6.07, 6.45) is 3.47. The molecular formula is C25H35N3O2S. The van der Waals surface area contributed by atoms with Crippen LogP contribution in [0.1, 0.15) is 36.2 Å². The minimum atomic E-state index is -0.547.